The molecule has 7 nitrogen and oxygen atoms in total. The number of amides is 1. The number of pyridine rings is 1. The molecule has 0 bridgehead atoms. The number of anilines is 1. The van der Waals surface area contributed by atoms with Crippen LogP contribution in [0.5, 0.6) is 0 Å². The topological polar surface area (TPSA) is 105 Å². The molecule has 0 fully saturated rings. The molecular weight excluding hydrogens is 443 g/mol. The van der Waals surface area contributed by atoms with Gasteiger partial charge in [0.15, 0.2) is 0 Å². The van der Waals surface area contributed by atoms with Crippen molar-refractivity contribution in [1.82, 2.24) is 14.6 Å². The van der Waals surface area contributed by atoms with Gasteiger partial charge in [-0.25, -0.2) is 13.4 Å². The van der Waals surface area contributed by atoms with E-state index in [9.17, 15) is 17.6 Å². The summed E-state index contributed by atoms with van der Waals surface area (Å²) in [6.45, 7) is 4.84. The van der Waals surface area contributed by atoms with Gasteiger partial charge in [0.25, 0.3) is 5.91 Å². The van der Waals surface area contributed by atoms with E-state index in [2.05, 4.69) is 10.3 Å². The minimum absolute atomic E-state index is 0.0391. The van der Waals surface area contributed by atoms with Crippen LogP contribution in [0.2, 0.25) is 0 Å². The number of carbonyl (C=O) groups excluding carboxylic acids is 1. The van der Waals surface area contributed by atoms with Crippen LogP contribution in [0.3, 0.4) is 0 Å². The summed E-state index contributed by atoms with van der Waals surface area (Å²) in [4.78, 5) is 16.0. The number of fused-ring (bicyclic) bond motifs is 1. The van der Waals surface area contributed by atoms with Crippen molar-refractivity contribution in [2.75, 3.05) is 25.4 Å². The highest BCUT2D eigenvalue weighted by Gasteiger charge is 2.22. The number of hydrogen-bond donors (Lipinski definition) is 2. The molecule has 1 aromatic heterocycles. The van der Waals surface area contributed by atoms with Crippen molar-refractivity contribution in [3.05, 3.63) is 65.6 Å². The Kier molecular flexibility index (Phi) is 6.18. The standard InChI is InChI=1S/C24H25FN4O3S/c1-3-29(4-2)33(31,32)18-8-5-15(6-9-18)20-14-21(23(26)28-22(20)25)16-7-10-19-17(13-16)11-12-27-24(19)30/h5-10,13-14H,3-4,11-12H2,1-2H3,(H2,26,28)(H,27,30). The number of hydrogen-bond acceptors (Lipinski definition) is 5. The lowest BCUT2D eigenvalue weighted by Crippen LogP contribution is -2.31. The van der Waals surface area contributed by atoms with Gasteiger partial charge in [-0.1, -0.05) is 38.1 Å². The second kappa shape index (κ2) is 8.92. The Bertz CT molecular complexity index is 1320. The minimum atomic E-state index is -3.61. The number of halogens is 1. The number of nitrogen functional groups attached to an aromatic ring is 1. The second-order valence-electron chi connectivity index (χ2n) is 7.75. The Labute approximate surface area is 192 Å². The van der Waals surface area contributed by atoms with Gasteiger partial charge in [-0.2, -0.15) is 8.70 Å². The van der Waals surface area contributed by atoms with Crippen molar-refractivity contribution in [3.8, 4) is 22.3 Å². The molecule has 0 radical (unpaired) electrons. The fourth-order valence-corrected chi connectivity index (χ4v) is 5.51. The highest BCUT2D eigenvalue weighted by molar-refractivity contribution is 7.89. The molecule has 0 saturated heterocycles. The van der Waals surface area contributed by atoms with Gasteiger partial charge in [-0.3, -0.25) is 4.79 Å². The minimum Gasteiger partial charge on any atom is -0.383 e. The molecule has 1 aliphatic rings. The van der Waals surface area contributed by atoms with Gasteiger partial charge < -0.3 is 11.1 Å². The number of benzene rings is 2. The van der Waals surface area contributed by atoms with Gasteiger partial charge in [0, 0.05) is 36.3 Å². The summed E-state index contributed by atoms with van der Waals surface area (Å²) in [7, 11) is -3.61. The quantitative estimate of drug-likeness (QED) is 0.539. The first kappa shape index (κ1) is 22.9. The van der Waals surface area contributed by atoms with Crippen LogP contribution in [0, 0.1) is 5.95 Å². The molecule has 3 N–H and O–H groups in total. The van der Waals surface area contributed by atoms with E-state index in [1.54, 1.807) is 44.2 Å². The normalized spacial score (nSPS) is 13.6. The lowest BCUT2D eigenvalue weighted by Gasteiger charge is -2.19. The molecule has 0 spiro atoms. The van der Waals surface area contributed by atoms with Gasteiger partial charge in [0.2, 0.25) is 16.0 Å². The predicted molar refractivity (Wildman–Crippen MR) is 126 cm³/mol. The number of nitrogens with two attached hydrogens (primary N) is 1. The number of aromatic nitrogens is 1. The van der Waals surface area contributed by atoms with Gasteiger partial charge >= 0.3 is 0 Å². The summed E-state index contributed by atoms with van der Waals surface area (Å²) in [5, 5.41) is 2.80. The fourth-order valence-electron chi connectivity index (χ4n) is 4.05. The highest BCUT2D eigenvalue weighted by atomic mass is 32.2. The van der Waals surface area contributed by atoms with Crippen LogP contribution in [0.4, 0.5) is 10.2 Å². The van der Waals surface area contributed by atoms with Gasteiger partial charge in [0.1, 0.15) is 5.82 Å². The molecule has 1 aliphatic heterocycles. The van der Waals surface area contributed by atoms with E-state index in [-0.39, 0.29) is 22.2 Å². The summed E-state index contributed by atoms with van der Waals surface area (Å²) in [6.07, 6.45) is 0.693. The molecule has 0 aliphatic carbocycles. The second-order valence-corrected chi connectivity index (χ2v) is 9.69. The summed E-state index contributed by atoms with van der Waals surface area (Å²) < 4.78 is 41.6. The number of carbonyl (C=O) groups is 1. The van der Waals surface area contributed by atoms with E-state index in [1.165, 1.54) is 16.4 Å². The molecule has 172 valence electrons. The Morgan fingerprint density at radius 2 is 1.67 bits per heavy atom. The molecule has 2 aromatic carbocycles. The summed E-state index contributed by atoms with van der Waals surface area (Å²) in [5.41, 5.74) is 9.51. The molecule has 1 amide bonds. The van der Waals surface area contributed by atoms with Crippen LogP contribution in [-0.2, 0) is 16.4 Å². The van der Waals surface area contributed by atoms with E-state index < -0.39 is 16.0 Å². The molecular formula is C24H25FN4O3S. The van der Waals surface area contributed by atoms with Crippen LogP contribution in [0.1, 0.15) is 29.8 Å². The summed E-state index contributed by atoms with van der Waals surface area (Å²) >= 11 is 0. The van der Waals surface area contributed by atoms with Crippen LogP contribution >= 0.6 is 0 Å². The maximum Gasteiger partial charge on any atom is 0.251 e. The Morgan fingerprint density at radius 1 is 1.00 bits per heavy atom. The van der Waals surface area contributed by atoms with Crippen molar-refractivity contribution in [1.29, 1.82) is 0 Å². The number of sulfonamides is 1. The third kappa shape index (κ3) is 4.21. The monoisotopic (exact) mass is 468 g/mol. The van der Waals surface area contributed by atoms with Crippen molar-refractivity contribution >= 4 is 21.7 Å². The SMILES string of the molecule is CCN(CC)S(=O)(=O)c1ccc(-c2cc(-c3ccc4c(c3)CCNC4=O)c(N)nc2F)cc1. The third-order valence-corrected chi connectivity index (χ3v) is 7.92. The Morgan fingerprint density at radius 3 is 2.33 bits per heavy atom. The molecule has 3 aromatic rings. The lowest BCUT2D eigenvalue weighted by atomic mass is 9.94. The zero-order chi connectivity index (χ0) is 23.8. The lowest BCUT2D eigenvalue weighted by molar-refractivity contribution is 0.0946. The van der Waals surface area contributed by atoms with E-state index in [1.807, 2.05) is 6.07 Å². The average molecular weight is 469 g/mol. The van der Waals surface area contributed by atoms with Crippen molar-refractivity contribution < 1.29 is 17.6 Å². The highest BCUT2D eigenvalue weighted by Crippen LogP contribution is 2.33. The maximum absolute atomic E-state index is 14.8. The third-order valence-electron chi connectivity index (χ3n) is 5.85. The summed E-state index contributed by atoms with van der Waals surface area (Å²) in [6, 6.07) is 13.0. The number of rotatable bonds is 6. The van der Waals surface area contributed by atoms with Crippen LogP contribution in [0.15, 0.2) is 53.4 Å². The van der Waals surface area contributed by atoms with Crippen LogP contribution < -0.4 is 11.1 Å². The number of nitrogens with one attached hydrogen (secondary N) is 1. The zero-order valence-corrected chi connectivity index (χ0v) is 19.2. The van der Waals surface area contributed by atoms with E-state index in [0.29, 0.717) is 42.7 Å². The molecule has 9 heteroatoms. The fraction of sp³-hybridized carbons (Fsp3) is 0.250. The first-order valence-corrected chi connectivity index (χ1v) is 12.2. The van der Waals surface area contributed by atoms with Crippen LogP contribution in [0.25, 0.3) is 22.3 Å². The first-order valence-electron chi connectivity index (χ1n) is 10.7. The van der Waals surface area contributed by atoms with E-state index in [4.69, 9.17) is 5.73 Å². The van der Waals surface area contributed by atoms with E-state index in [0.717, 1.165) is 11.1 Å². The van der Waals surface area contributed by atoms with Crippen molar-refractivity contribution in [3.63, 3.8) is 0 Å². The Hall–Kier alpha value is -3.30. The molecule has 0 saturated carbocycles. The molecule has 2 heterocycles. The Balaban J connectivity index is 1.73. The number of nitrogens with zero attached hydrogens (tertiary/aromatic N) is 2. The van der Waals surface area contributed by atoms with Crippen LogP contribution in [-0.4, -0.2) is 43.2 Å². The molecule has 4 rings (SSSR count). The van der Waals surface area contributed by atoms with Crippen molar-refractivity contribution in [2.45, 2.75) is 25.2 Å². The average Bonchev–Trinajstić information content (AvgIpc) is 2.80. The molecule has 33 heavy (non-hydrogen) atoms. The predicted octanol–water partition coefficient (Wildman–Crippen LogP) is 3.45. The first-order chi connectivity index (χ1) is 15.8. The van der Waals surface area contributed by atoms with Gasteiger partial charge in [0.05, 0.1) is 4.90 Å². The van der Waals surface area contributed by atoms with Gasteiger partial charge in [-0.15, -0.1) is 0 Å². The van der Waals surface area contributed by atoms with E-state index >= 15 is 0 Å². The largest absolute Gasteiger partial charge is 0.383 e. The summed E-state index contributed by atoms with van der Waals surface area (Å²) in [5.74, 6) is -0.821. The maximum atomic E-state index is 14.8. The smallest absolute Gasteiger partial charge is 0.251 e. The van der Waals surface area contributed by atoms with Gasteiger partial charge in [-0.05, 0) is 47.4 Å². The van der Waals surface area contributed by atoms with Crippen molar-refractivity contribution in [2.24, 2.45) is 0 Å². The zero-order valence-electron chi connectivity index (χ0n) is 18.4. The molecule has 0 unspecified atom stereocenters. The molecule has 0 atom stereocenters.